The fourth-order valence-corrected chi connectivity index (χ4v) is 1.52. The zero-order valence-electron chi connectivity index (χ0n) is 10.1. The number of aryl methyl sites for hydroxylation is 1. The molecule has 2 N–H and O–H groups in total. The Bertz CT molecular complexity index is 510. The number of rotatable bonds is 5. The predicted octanol–water partition coefficient (Wildman–Crippen LogP) is 1.19. The first-order chi connectivity index (χ1) is 8.79. The Morgan fingerprint density at radius 3 is 3.11 bits per heavy atom. The molecule has 0 fully saturated rings. The molecule has 0 aliphatic rings. The summed E-state index contributed by atoms with van der Waals surface area (Å²) in [4.78, 5) is 15.9. The number of hydrogen-bond donors (Lipinski definition) is 2. The molecule has 0 spiro atoms. The van der Waals surface area contributed by atoms with Crippen LogP contribution in [0.5, 0.6) is 0 Å². The first-order valence-corrected chi connectivity index (χ1v) is 5.79. The third kappa shape index (κ3) is 3.09. The molecule has 2 aromatic heterocycles. The number of anilines is 1. The molecule has 0 aliphatic heterocycles. The highest BCUT2D eigenvalue weighted by Gasteiger charge is 2.09. The molecular weight excluding hydrogens is 232 g/mol. The number of hydrogen-bond acceptors (Lipinski definition) is 5. The summed E-state index contributed by atoms with van der Waals surface area (Å²) < 4.78 is 0. The summed E-state index contributed by atoms with van der Waals surface area (Å²) in [5.74, 6) is -0.118. The van der Waals surface area contributed by atoms with Crippen LogP contribution in [0.4, 0.5) is 5.95 Å². The number of aromatic nitrogens is 5. The van der Waals surface area contributed by atoms with E-state index in [-0.39, 0.29) is 11.9 Å². The number of nitrogens with zero attached hydrogens (tertiary/aromatic N) is 4. The molecule has 1 amide bonds. The van der Waals surface area contributed by atoms with Gasteiger partial charge in [-0.2, -0.15) is 0 Å². The maximum absolute atomic E-state index is 11.8. The van der Waals surface area contributed by atoms with Crippen molar-refractivity contribution in [2.75, 3.05) is 5.32 Å². The monoisotopic (exact) mass is 246 g/mol. The fourth-order valence-electron chi connectivity index (χ4n) is 1.52. The van der Waals surface area contributed by atoms with Crippen LogP contribution < -0.4 is 5.32 Å². The molecule has 0 saturated heterocycles. The van der Waals surface area contributed by atoms with Crippen LogP contribution in [0.25, 0.3) is 0 Å². The van der Waals surface area contributed by atoms with Gasteiger partial charge in [0.15, 0.2) is 0 Å². The number of aromatic amines is 1. The Hall–Kier alpha value is -2.31. The van der Waals surface area contributed by atoms with Gasteiger partial charge in [0.1, 0.15) is 5.69 Å². The normalized spacial score (nSPS) is 10.3. The summed E-state index contributed by atoms with van der Waals surface area (Å²) >= 11 is 0. The average Bonchev–Trinajstić information content (AvgIpc) is 2.89. The molecule has 7 nitrogen and oxygen atoms in total. The van der Waals surface area contributed by atoms with E-state index in [1.54, 1.807) is 12.3 Å². The van der Waals surface area contributed by atoms with Crippen molar-refractivity contribution in [3.63, 3.8) is 0 Å². The second-order valence-corrected chi connectivity index (χ2v) is 3.86. The topological polar surface area (TPSA) is 96.5 Å². The lowest BCUT2D eigenvalue weighted by Gasteiger charge is -2.03. The van der Waals surface area contributed by atoms with Gasteiger partial charge in [0.05, 0.1) is 0 Å². The fraction of sp³-hybridized carbons (Fsp3) is 0.364. The first-order valence-electron chi connectivity index (χ1n) is 5.79. The van der Waals surface area contributed by atoms with E-state index in [0.717, 1.165) is 24.8 Å². The smallest absolute Gasteiger partial charge is 0.276 e. The first kappa shape index (κ1) is 12.2. The van der Waals surface area contributed by atoms with Crippen LogP contribution in [0.2, 0.25) is 0 Å². The highest BCUT2D eigenvalue weighted by molar-refractivity contribution is 6.01. The Morgan fingerprint density at radius 2 is 2.39 bits per heavy atom. The summed E-state index contributed by atoms with van der Waals surface area (Å²) in [7, 11) is 0. The van der Waals surface area contributed by atoms with Gasteiger partial charge in [-0.05, 0) is 41.0 Å². The summed E-state index contributed by atoms with van der Waals surface area (Å²) in [6.07, 6.45) is 4.80. The lowest BCUT2D eigenvalue weighted by Crippen LogP contribution is -2.15. The molecule has 2 heterocycles. The second kappa shape index (κ2) is 5.85. The molecule has 0 saturated carbocycles. The van der Waals surface area contributed by atoms with E-state index in [4.69, 9.17) is 0 Å². The molecule has 2 aromatic rings. The van der Waals surface area contributed by atoms with Gasteiger partial charge in [0.2, 0.25) is 5.95 Å². The van der Waals surface area contributed by atoms with E-state index in [9.17, 15) is 4.79 Å². The molecule has 2 rings (SSSR count). The van der Waals surface area contributed by atoms with Gasteiger partial charge < -0.3 is 0 Å². The van der Waals surface area contributed by atoms with Crippen LogP contribution in [0.3, 0.4) is 0 Å². The van der Waals surface area contributed by atoms with Gasteiger partial charge in [-0.25, -0.2) is 5.10 Å². The van der Waals surface area contributed by atoms with Crippen molar-refractivity contribution in [1.29, 1.82) is 0 Å². The van der Waals surface area contributed by atoms with Crippen LogP contribution in [0.15, 0.2) is 18.3 Å². The van der Waals surface area contributed by atoms with Crippen LogP contribution in [-0.2, 0) is 6.42 Å². The predicted molar refractivity (Wildman–Crippen MR) is 65.0 cm³/mol. The molecule has 7 heteroatoms. The van der Waals surface area contributed by atoms with Crippen LogP contribution in [0, 0.1) is 0 Å². The second-order valence-electron chi connectivity index (χ2n) is 3.86. The standard InChI is InChI=1S/C11H14N6O/c1-2-3-4-8-5-6-12-9(7-8)10(18)13-11-14-16-17-15-11/h5-7H,2-4H2,1H3,(H2,13,14,15,16,17,18). The maximum Gasteiger partial charge on any atom is 0.276 e. The molecule has 0 radical (unpaired) electrons. The molecule has 0 bridgehead atoms. The van der Waals surface area contributed by atoms with E-state index in [0.29, 0.717) is 5.69 Å². The lowest BCUT2D eigenvalue weighted by atomic mass is 10.1. The molecule has 0 aromatic carbocycles. The molecule has 0 atom stereocenters. The average molecular weight is 246 g/mol. The van der Waals surface area contributed by atoms with Gasteiger partial charge in [-0.3, -0.25) is 15.1 Å². The van der Waals surface area contributed by atoms with E-state index < -0.39 is 0 Å². The van der Waals surface area contributed by atoms with Gasteiger partial charge in [0, 0.05) is 6.20 Å². The van der Waals surface area contributed by atoms with Crippen molar-refractivity contribution in [2.45, 2.75) is 26.2 Å². The number of tetrazole rings is 1. The molecule has 0 unspecified atom stereocenters. The Labute approximate surface area is 104 Å². The van der Waals surface area contributed by atoms with Crippen molar-refractivity contribution < 1.29 is 4.79 Å². The highest BCUT2D eigenvalue weighted by Crippen LogP contribution is 2.07. The molecule has 94 valence electrons. The zero-order valence-corrected chi connectivity index (χ0v) is 10.1. The summed E-state index contributed by atoms with van der Waals surface area (Å²) in [5, 5.41) is 15.3. The highest BCUT2D eigenvalue weighted by atomic mass is 16.2. The number of nitrogens with one attached hydrogen (secondary N) is 2. The van der Waals surface area contributed by atoms with E-state index in [1.807, 2.05) is 6.07 Å². The molecule has 18 heavy (non-hydrogen) atoms. The number of pyridine rings is 1. The van der Waals surface area contributed by atoms with Gasteiger partial charge in [0.25, 0.3) is 5.91 Å². The zero-order chi connectivity index (χ0) is 12.8. The minimum absolute atomic E-state index is 0.209. The number of carbonyl (C=O) groups is 1. The third-order valence-corrected chi connectivity index (χ3v) is 2.45. The van der Waals surface area contributed by atoms with Gasteiger partial charge in [-0.15, -0.1) is 0 Å². The third-order valence-electron chi connectivity index (χ3n) is 2.45. The number of unbranched alkanes of at least 4 members (excludes halogenated alkanes) is 1. The van der Waals surface area contributed by atoms with Crippen molar-refractivity contribution in [2.24, 2.45) is 0 Å². The maximum atomic E-state index is 11.8. The SMILES string of the molecule is CCCCc1ccnc(C(=O)Nc2nnn[nH]2)c1. The van der Waals surface area contributed by atoms with Gasteiger partial charge >= 0.3 is 0 Å². The van der Waals surface area contributed by atoms with Crippen LogP contribution in [0.1, 0.15) is 35.8 Å². The lowest BCUT2D eigenvalue weighted by molar-refractivity contribution is 0.102. The minimum atomic E-state index is -0.327. The Morgan fingerprint density at radius 1 is 1.50 bits per heavy atom. The number of carbonyl (C=O) groups excluding carboxylic acids is 1. The summed E-state index contributed by atoms with van der Waals surface area (Å²) in [6.45, 7) is 2.13. The van der Waals surface area contributed by atoms with Crippen molar-refractivity contribution in [1.82, 2.24) is 25.6 Å². The van der Waals surface area contributed by atoms with Crippen molar-refractivity contribution in [3.8, 4) is 0 Å². The van der Waals surface area contributed by atoms with Gasteiger partial charge in [-0.1, -0.05) is 18.4 Å². The molecular formula is C11H14N6O. The Balaban J connectivity index is 2.05. The number of amides is 1. The van der Waals surface area contributed by atoms with Crippen molar-refractivity contribution >= 4 is 11.9 Å². The van der Waals surface area contributed by atoms with E-state index >= 15 is 0 Å². The van der Waals surface area contributed by atoms with Crippen molar-refractivity contribution in [3.05, 3.63) is 29.6 Å². The molecule has 0 aliphatic carbocycles. The van der Waals surface area contributed by atoms with Crippen LogP contribution >= 0.6 is 0 Å². The number of H-pyrrole nitrogens is 1. The van der Waals surface area contributed by atoms with Crippen LogP contribution in [-0.4, -0.2) is 31.5 Å². The Kier molecular flexibility index (Phi) is 3.95. The van der Waals surface area contributed by atoms with E-state index in [1.165, 1.54) is 0 Å². The summed E-state index contributed by atoms with van der Waals surface area (Å²) in [6, 6.07) is 3.71. The summed E-state index contributed by atoms with van der Waals surface area (Å²) in [5.41, 5.74) is 1.47. The van der Waals surface area contributed by atoms with E-state index in [2.05, 4.69) is 37.8 Å². The largest absolute Gasteiger partial charge is 0.288 e. The minimum Gasteiger partial charge on any atom is -0.288 e. The quantitative estimate of drug-likeness (QED) is 0.826.